The van der Waals surface area contributed by atoms with Gasteiger partial charge in [-0.2, -0.15) is 0 Å². The summed E-state index contributed by atoms with van der Waals surface area (Å²) in [6.45, 7) is 12.1. The van der Waals surface area contributed by atoms with Crippen LogP contribution in [0.3, 0.4) is 0 Å². The zero-order chi connectivity index (χ0) is 17.9. The lowest BCUT2D eigenvalue weighted by Crippen LogP contribution is -2.33. The van der Waals surface area contributed by atoms with Gasteiger partial charge in [-0.1, -0.05) is 36.8 Å². The summed E-state index contributed by atoms with van der Waals surface area (Å²) in [5.41, 5.74) is 6.46. The Hall–Kier alpha value is -2.29. The molecule has 0 saturated heterocycles. The molecular weight excluding hydrogens is 298 g/mol. The van der Waals surface area contributed by atoms with Crippen molar-refractivity contribution in [1.29, 1.82) is 0 Å². The van der Waals surface area contributed by atoms with Gasteiger partial charge in [-0.05, 0) is 69.4 Å². The van der Waals surface area contributed by atoms with Crippen LogP contribution in [-0.4, -0.2) is 12.0 Å². The van der Waals surface area contributed by atoms with E-state index in [0.717, 1.165) is 33.7 Å². The maximum absolute atomic E-state index is 12.7. The Morgan fingerprint density at radius 1 is 1.04 bits per heavy atom. The number of anilines is 1. The van der Waals surface area contributed by atoms with E-state index in [0.29, 0.717) is 6.42 Å². The zero-order valence-electron chi connectivity index (χ0n) is 15.5. The van der Waals surface area contributed by atoms with Gasteiger partial charge in [0, 0.05) is 5.69 Å². The average molecular weight is 325 g/mol. The third-order valence-electron chi connectivity index (χ3n) is 4.41. The fraction of sp³-hybridized carbons (Fsp3) is 0.381. The number of amides is 1. The molecule has 128 valence electrons. The number of hydrogen-bond acceptors (Lipinski definition) is 2. The fourth-order valence-corrected chi connectivity index (χ4v) is 2.91. The average Bonchev–Trinajstić information content (AvgIpc) is 2.52. The van der Waals surface area contributed by atoms with E-state index in [1.807, 2.05) is 52.8 Å². The molecule has 3 nitrogen and oxygen atoms in total. The van der Waals surface area contributed by atoms with Crippen molar-refractivity contribution in [2.75, 3.05) is 5.32 Å². The highest BCUT2D eigenvalue weighted by molar-refractivity contribution is 5.95. The molecule has 0 aliphatic heterocycles. The Balaban J connectivity index is 2.19. The highest BCUT2D eigenvalue weighted by Crippen LogP contribution is 2.25. The van der Waals surface area contributed by atoms with Crippen LogP contribution in [0.25, 0.3) is 0 Å². The van der Waals surface area contributed by atoms with Gasteiger partial charge in [0.15, 0.2) is 6.10 Å². The zero-order valence-corrected chi connectivity index (χ0v) is 15.5. The van der Waals surface area contributed by atoms with Crippen molar-refractivity contribution in [1.82, 2.24) is 0 Å². The van der Waals surface area contributed by atoms with Gasteiger partial charge in [0.25, 0.3) is 5.91 Å². The fourth-order valence-electron chi connectivity index (χ4n) is 2.91. The van der Waals surface area contributed by atoms with Crippen LogP contribution >= 0.6 is 0 Å². The first-order valence-corrected chi connectivity index (χ1v) is 8.45. The minimum atomic E-state index is -0.509. The SMILES string of the molecule is CCC(Oc1cccc(C)c1C)C(=O)Nc1c(C)cc(C)cc1C. The van der Waals surface area contributed by atoms with E-state index in [-0.39, 0.29) is 5.91 Å². The van der Waals surface area contributed by atoms with Gasteiger partial charge in [0.05, 0.1) is 0 Å². The van der Waals surface area contributed by atoms with Crippen LogP contribution in [0.1, 0.15) is 41.2 Å². The molecule has 2 aromatic carbocycles. The standard InChI is InChI=1S/C21H27NO2/c1-7-18(24-19-10-8-9-14(3)17(19)6)21(23)22-20-15(4)11-13(2)12-16(20)5/h8-12,18H,7H2,1-6H3,(H,22,23). The van der Waals surface area contributed by atoms with Gasteiger partial charge < -0.3 is 10.1 Å². The number of aryl methyl sites for hydroxylation is 4. The highest BCUT2D eigenvalue weighted by Gasteiger charge is 2.21. The Morgan fingerprint density at radius 2 is 1.67 bits per heavy atom. The molecule has 0 aliphatic carbocycles. The van der Waals surface area contributed by atoms with E-state index in [2.05, 4.69) is 24.4 Å². The third kappa shape index (κ3) is 3.97. The first-order valence-electron chi connectivity index (χ1n) is 8.45. The molecule has 2 aromatic rings. The number of ether oxygens (including phenoxy) is 1. The van der Waals surface area contributed by atoms with Crippen LogP contribution in [0.4, 0.5) is 5.69 Å². The van der Waals surface area contributed by atoms with Crippen molar-refractivity contribution < 1.29 is 9.53 Å². The Labute approximate surface area is 145 Å². The lowest BCUT2D eigenvalue weighted by molar-refractivity contribution is -0.122. The predicted octanol–water partition coefficient (Wildman–Crippen LogP) is 5.02. The van der Waals surface area contributed by atoms with Crippen molar-refractivity contribution in [3.8, 4) is 5.75 Å². The number of benzene rings is 2. The van der Waals surface area contributed by atoms with Crippen LogP contribution in [-0.2, 0) is 4.79 Å². The monoisotopic (exact) mass is 325 g/mol. The number of carbonyl (C=O) groups excluding carboxylic acids is 1. The molecule has 0 radical (unpaired) electrons. The van der Waals surface area contributed by atoms with Gasteiger partial charge in [-0.25, -0.2) is 0 Å². The number of hydrogen-bond donors (Lipinski definition) is 1. The van der Waals surface area contributed by atoms with Crippen molar-refractivity contribution in [3.05, 3.63) is 58.1 Å². The number of carbonyl (C=O) groups is 1. The van der Waals surface area contributed by atoms with E-state index < -0.39 is 6.10 Å². The molecule has 0 saturated carbocycles. The molecule has 0 spiro atoms. The summed E-state index contributed by atoms with van der Waals surface area (Å²) >= 11 is 0. The maximum Gasteiger partial charge on any atom is 0.265 e. The number of nitrogens with one attached hydrogen (secondary N) is 1. The lowest BCUT2D eigenvalue weighted by Gasteiger charge is -2.21. The summed E-state index contributed by atoms with van der Waals surface area (Å²) in [4.78, 5) is 12.7. The summed E-state index contributed by atoms with van der Waals surface area (Å²) in [6.07, 6.45) is 0.106. The van der Waals surface area contributed by atoms with E-state index in [4.69, 9.17) is 4.74 Å². The van der Waals surface area contributed by atoms with Crippen LogP contribution in [0.5, 0.6) is 5.75 Å². The molecule has 3 heteroatoms. The van der Waals surface area contributed by atoms with Crippen molar-refractivity contribution in [2.45, 2.75) is 54.1 Å². The van der Waals surface area contributed by atoms with Crippen molar-refractivity contribution in [2.24, 2.45) is 0 Å². The molecule has 0 heterocycles. The molecular formula is C21H27NO2. The lowest BCUT2D eigenvalue weighted by atomic mass is 10.0. The molecule has 0 aromatic heterocycles. The summed E-state index contributed by atoms with van der Waals surface area (Å²) in [6, 6.07) is 10.1. The van der Waals surface area contributed by atoms with Gasteiger partial charge in [-0.3, -0.25) is 4.79 Å². The Kier molecular flexibility index (Phi) is 5.66. The quantitative estimate of drug-likeness (QED) is 0.838. The van der Waals surface area contributed by atoms with Crippen LogP contribution in [0, 0.1) is 34.6 Å². The van der Waals surface area contributed by atoms with E-state index in [9.17, 15) is 4.79 Å². The van der Waals surface area contributed by atoms with E-state index in [1.165, 1.54) is 5.56 Å². The van der Waals surface area contributed by atoms with E-state index >= 15 is 0 Å². The smallest absolute Gasteiger partial charge is 0.265 e. The van der Waals surface area contributed by atoms with Gasteiger partial charge in [-0.15, -0.1) is 0 Å². The largest absolute Gasteiger partial charge is 0.480 e. The van der Waals surface area contributed by atoms with Gasteiger partial charge in [0.2, 0.25) is 0 Å². The maximum atomic E-state index is 12.7. The van der Waals surface area contributed by atoms with Gasteiger partial charge in [0.1, 0.15) is 5.75 Å². The first kappa shape index (κ1) is 18.1. The molecule has 24 heavy (non-hydrogen) atoms. The molecule has 0 bridgehead atoms. The van der Waals surface area contributed by atoms with Gasteiger partial charge >= 0.3 is 0 Å². The van der Waals surface area contributed by atoms with E-state index in [1.54, 1.807) is 0 Å². The second-order valence-electron chi connectivity index (χ2n) is 6.48. The van der Waals surface area contributed by atoms with Crippen LogP contribution < -0.4 is 10.1 Å². The molecule has 1 unspecified atom stereocenters. The normalized spacial score (nSPS) is 11.9. The number of rotatable bonds is 5. The second kappa shape index (κ2) is 7.52. The second-order valence-corrected chi connectivity index (χ2v) is 6.48. The van der Waals surface area contributed by atoms with Crippen LogP contribution in [0.2, 0.25) is 0 Å². The molecule has 1 atom stereocenters. The minimum Gasteiger partial charge on any atom is -0.480 e. The molecule has 0 aliphatic rings. The third-order valence-corrected chi connectivity index (χ3v) is 4.41. The van der Waals surface area contributed by atoms with Crippen molar-refractivity contribution in [3.63, 3.8) is 0 Å². The summed E-state index contributed by atoms with van der Waals surface area (Å²) in [7, 11) is 0. The Morgan fingerprint density at radius 3 is 2.25 bits per heavy atom. The molecule has 1 N–H and O–H groups in total. The first-order chi connectivity index (χ1) is 11.3. The minimum absolute atomic E-state index is 0.103. The Bertz CT molecular complexity index is 726. The summed E-state index contributed by atoms with van der Waals surface area (Å²) in [5, 5.41) is 3.05. The molecule has 1 amide bonds. The van der Waals surface area contributed by atoms with Crippen molar-refractivity contribution >= 4 is 11.6 Å². The van der Waals surface area contributed by atoms with Crippen LogP contribution in [0.15, 0.2) is 30.3 Å². The molecule has 2 rings (SSSR count). The summed E-state index contributed by atoms with van der Waals surface area (Å²) < 4.78 is 6.00. The summed E-state index contributed by atoms with van der Waals surface area (Å²) in [5.74, 6) is 0.669. The topological polar surface area (TPSA) is 38.3 Å². The predicted molar refractivity (Wildman–Crippen MR) is 99.9 cm³/mol. The highest BCUT2D eigenvalue weighted by atomic mass is 16.5. The molecule has 0 fully saturated rings.